The molecule has 0 bridgehead atoms. The van der Waals surface area contributed by atoms with Gasteiger partial charge in [-0.15, -0.1) is 24.0 Å². The Morgan fingerprint density at radius 2 is 1.68 bits per heavy atom. The van der Waals surface area contributed by atoms with E-state index in [0.29, 0.717) is 6.04 Å². The van der Waals surface area contributed by atoms with Gasteiger partial charge in [0.2, 0.25) is 5.91 Å². The fourth-order valence-corrected chi connectivity index (χ4v) is 4.57. The standard InChI is InChI=1S/C30H34N2O.HI/c1-22-10-11-23(2)29(20-22)27-9-7-8-25(21-27)12-17-30(33)31-28-15-13-26(14-16-28)24(3)32-18-5-4-6-19-32;/h7-17,20-21,24H,4-6,18-19H2,1-3H3,(H,31,33);1H/b17-12+;. The Hall–Kier alpha value is -2.44. The third-order valence-electron chi connectivity index (χ3n) is 6.62. The number of amides is 1. The summed E-state index contributed by atoms with van der Waals surface area (Å²) in [4.78, 5) is 15.0. The lowest BCUT2D eigenvalue weighted by Crippen LogP contribution is -2.32. The quantitative estimate of drug-likeness (QED) is 0.244. The summed E-state index contributed by atoms with van der Waals surface area (Å²) in [6, 6.07) is 23.5. The number of benzene rings is 3. The van der Waals surface area contributed by atoms with Crippen molar-refractivity contribution in [3.05, 3.63) is 95.1 Å². The van der Waals surface area contributed by atoms with Gasteiger partial charge in [-0.05, 0) is 98.8 Å². The fraction of sp³-hybridized carbons (Fsp3) is 0.300. The highest BCUT2D eigenvalue weighted by Crippen LogP contribution is 2.27. The number of hydrogen-bond donors (Lipinski definition) is 1. The van der Waals surface area contributed by atoms with Gasteiger partial charge in [-0.2, -0.15) is 0 Å². The van der Waals surface area contributed by atoms with Crippen molar-refractivity contribution >= 4 is 41.6 Å². The molecule has 0 aromatic heterocycles. The van der Waals surface area contributed by atoms with Gasteiger partial charge in [0.15, 0.2) is 0 Å². The van der Waals surface area contributed by atoms with Gasteiger partial charge in [0.25, 0.3) is 0 Å². The molecule has 3 nitrogen and oxygen atoms in total. The van der Waals surface area contributed by atoms with Crippen molar-refractivity contribution in [3.8, 4) is 11.1 Å². The lowest BCUT2D eigenvalue weighted by Gasteiger charge is -2.32. The fourth-order valence-electron chi connectivity index (χ4n) is 4.57. The van der Waals surface area contributed by atoms with E-state index in [2.05, 4.69) is 73.5 Å². The Kier molecular flexibility index (Phi) is 9.48. The topological polar surface area (TPSA) is 32.3 Å². The van der Waals surface area contributed by atoms with Gasteiger partial charge in [0.1, 0.15) is 0 Å². The number of nitrogens with one attached hydrogen (secondary N) is 1. The number of likely N-dealkylation sites (tertiary alicyclic amines) is 1. The average molecular weight is 567 g/mol. The second-order valence-corrected chi connectivity index (χ2v) is 9.16. The van der Waals surface area contributed by atoms with Gasteiger partial charge in [0.05, 0.1) is 0 Å². The zero-order valence-electron chi connectivity index (χ0n) is 20.4. The molecule has 0 saturated carbocycles. The normalized spacial score (nSPS) is 15.0. The Morgan fingerprint density at radius 1 is 0.941 bits per heavy atom. The molecule has 1 amide bonds. The summed E-state index contributed by atoms with van der Waals surface area (Å²) in [5.74, 6) is -0.121. The number of halogens is 1. The smallest absolute Gasteiger partial charge is 0.248 e. The van der Waals surface area contributed by atoms with Gasteiger partial charge in [-0.3, -0.25) is 9.69 Å². The van der Waals surface area contributed by atoms with E-state index in [4.69, 9.17) is 0 Å². The highest BCUT2D eigenvalue weighted by atomic mass is 127. The van der Waals surface area contributed by atoms with Crippen LogP contribution < -0.4 is 5.32 Å². The molecule has 4 heteroatoms. The van der Waals surface area contributed by atoms with Crippen LogP contribution in [0.25, 0.3) is 17.2 Å². The van der Waals surface area contributed by atoms with E-state index in [1.54, 1.807) is 6.08 Å². The zero-order chi connectivity index (χ0) is 23.2. The number of piperidine rings is 1. The summed E-state index contributed by atoms with van der Waals surface area (Å²) in [5.41, 5.74) is 8.02. The Labute approximate surface area is 221 Å². The Bertz CT molecular complexity index is 1130. The van der Waals surface area contributed by atoms with Crippen LogP contribution in [0.3, 0.4) is 0 Å². The molecule has 1 saturated heterocycles. The molecular formula is C30H35IN2O. The maximum absolute atomic E-state index is 12.5. The van der Waals surface area contributed by atoms with Crippen molar-refractivity contribution < 1.29 is 4.79 Å². The van der Waals surface area contributed by atoms with Crippen LogP contribution in [-0.4, -0.2) is 23.9 Å². The van der Waals surface area contributed by atoms with Crippen molar-refractivity contribution in [1.82, 2.24) is 4.90 Å². The van der Waals surface area contributed by atoms with E-state index in [-0.39, 0.29) is 29.9 Å². The zero-order valence-corrected chi connectivity index (χ0v) is 22.7. The molecule has 1 aliphatic rings. The maximum Gasteiger partial charge on any atom is 0.248 e. The van der Waals surface area contributed by atoms with Gasteiger partial charge in [0, 0.05) is 17.8 Å². The average Bonchev–Trinajstić information content (AvgIpc) is 2.85. The van der Waals surface area contributed by atoms with Crippen molar-refractivity contribution in [2.24, 2.45) is 0 Å². The van der Waals surface area contributed by atoms with Crippen LogP contribution in [0.1, 0.15) is 54.5 Å². The predicted molar refractivity (Wildman–Crippen MR) is 155 cm³/mol. The van der Waals surface area contributed by atoms with E-state index in [1.807, 2.05) is 30.3 Å². The number of aryl methyl sites for hydroxylation is 2. The van der Waals surface area contributed by atoms with E-state index in [0.717, 1.165) is 16.8 Å². The van der Waals surface area contributed by atoms with Gasteiger partial charge >= 0.3 is 0 Å². The largest absolute Gasteiger partial charge is 0.323 e. The number of carbonyl (C=O) groups excluding carboxylic acids is 1. The summed E-state index contributed by atoms with van der Waals surface area (Å²) in [6.07, 6.45) is 7.40. The SMILES string of the molecule is Cc1ccc(C)c(-c2cccc(/C=C/C(=O)Nc3ccc(C(C)N4CCCCC4)cc3)c2)c1.I. The molecule has 0 aliphatic carbocycles. The number of carbonyl (C=O) groups is 1. The first kappa shape index (κ1) is 26.2. The lowest BCUT2D eigenvalue weighted by atomic mass is 9.97. The summed E-state index contributed by atoms with van der Waals surface area (Å²) in [5, 5.41) is 2.98. The second kappa shape index (κ2) is 12.3. The third kappa shape index (κ3) is 6.80. The monoisotopic (exact) mass is 566 g/mol. The molecule has 3 aromatic rings. The maximum atomic E-state index is 12.5. The second-order valence-electron chi connectivity index (χ2n) is 9.16. The van der Waals surface area contributed by atoms with Crippen LogP contribution in [0, 0.1) is 13.8 Å². The molecule has 0 spiro atoms. The van der Waals surface area contributed by atoms with Crippen LogP contribution in [0.15, 0.2) is 72.8 Å². The van der Waals surface area contributed by atoms with Crippen LogP contribution in [0.2, 0.25) is 0 Å². The molecule has 34 heavy (non-hydrogen) atoms. The van der Waals surface area contributed by atoms with E-state index in [1.165, 1.54) is 54.6 Å². The number of rotatable bonds is 6. The Morgan fingerprint density at radius 3 is 2.41 bits per heavy atom. The molecule has 1 atom stereocenters. The van der Waals surface area contributed by atoms with Crippen LogP contribution >= 0.6 is 24.0 Å². The van der Waals surface area contributed by atoms with Crippen molar-refractivity contribution in [3.63, 3.8) is 0 Å². The molecule has 1 unspecified atom stereocenters. The predicted octanol–water partition coefficient (Wildman–Crippen LogP) is 7.79. The molecule has 1 N–H and O–H groups in total. The van der Waals surface area contributed by atoms with Crippen molar-refractivity contribution in [2.45, 2.75) is 46.1 Å². The first-order chi connectivity index (χ1) is 16.0. The van der Waals surface area contributed by atoms with Gasteiger partial charge in [-0.25, -0.2) is 0 Å². The minimum Gasteiger partial charge on any atom is -0.323 e. The highest BCUT2D eigenvalue weighted by molar-refractivity contribution is 14.0. The van der Waals surface area contributed by atoms with E-state index in [9.17, 15) is 4.79 Å². The van der Waals surface area contributed by atoms with Gasteiger partial charge < -0.3 is 5.32 Å². The molecule has 1 aliphatic heterocycles. The number of nitrogens with zero attached hydrogens (tertiary/aromatic N) is 1. The minimum absolute atomic E-state index is 0. The van der Waals surface area contributed by atoms with Gasteiger partial charge in [-0.1, -0.05) is 60.5 Å². The van der Waals surface area contributed by atoms with Crippen LogP contribution in [-0.2, 0) is 4.79 Å². The molecule has 1 heterocycles. The minimum atomic E-state index is -0.121. The summed E-state index contributed by atoms with van der Waals surface area (Å²) >= 11 is 0. The van der Waals surface area contributed by atoms with Crippen molar-refractivity contribution in [1.29, 1.82) is 0 Å². The summed E-state index contributed by atoms with van der Waals surface area (Å²) < 4.78 is 0. The van der Waals surface area contributed by atoms with E-state index >= 15 is 0 Å². The molecule has 4 rings (SSSR count). The molecular weight excluding hydrogens is 531 g/mol. The Balaban J connectivity index is 0.00000324. The summed E-state index contributed by atoms with van der Waals surface area (Å²) in [7, 11) is 0. The van der Waals surface area contributed by atoms with Crippen LogP contribution in [0.4, 0.5) is 5.69 Å². The number of anilines is 1. The first-order valence-electron chi connectivity index (χ1n) is 12.0. The number of hydrogen-bond acceptors (Lipinski definition) is 2. The van der Waals surface area contributed by atoms with Crippen LogP contribution in [0.5, 0.6) is 0 Å². The molecule has 0 radical (unpaired) electrons. The van der Waals surface area contributed by atoms with Crippen molar-refractivity contribution in [2.75, 3.05) is 18.4 Å². The third-order valence-corrected chi connectivity index (χ3v) is 6.62. The first-order valence-corrected chi connectivity index (χ1v) is 12.0. The molecule has 3 aromatic carbocycles. The summed E-state index contributed by atoms with van der Waals surface area (Å²) in [6.45, 7) is 8.86. The molecule has 1 fully saturated rings. The van der Waals surface area contributed by atoms with E-state index < -0.39 is 0 Å². The molecule has 178 valence electrons. The highest BCUT2D eigenvalue weighted by Gasteiger charge is 2.17. The lowest BCUT2D eigenvalue weighted by molar-refractivity contribution is -0.111.